The van der Waals surface area contributed by atoms with Gasteiger partial charge in [-0.15, -0.1) is 0 Å². The van der Waals surface area contributed by atoms with E-state index < -0.39 is 5.82 Å². The molecule has 98 valence electrons. The average Bonchev–Trinajstić information content (AvgIpc) is 2.84. The van der Waals surface area contributed by atoms with Gasteiger partial charge in [-0.2, -0.15) is 0 Å². The van der Waals surface area contributed by atoms with Gasteiger partial charge in [0.05, 0.1) is 5.56 Å². The molecule has 1 saturated carbocycles. The molecule has 1 fully saturated rings. The Kier molecular flexibility index (Phi) is 4.23. The lowest BCUT2D eigenvalue weighted by Crippen LogP contribution is -2.31. The molecule has 1 amide bonds. The van der Waals surface area contributed by atoms with E-state index in [1.54, 1.807) is 11.9 Å². The van der Waals surface area contributed by atoms with Crippen molar-refractivity contribution in [2.75, 3.05) is 13.6 Å². The molecule has 0 spiro atoms. The number of carbonyl (C=O) groups is 1. The van der Waals surface area contributed by atoms with Gasteiger partial charge in [0.2, 0.25) is 0 Å². The van der Waals surface area contributed by atoms with Crippen molar-refractivity contribution in [3.05, 3.63) is 34.6 Å². The predicted octanol–water partition coefficient (Wildman–Crippen LogP) is 3.74. The van der Waals surface area contributed by atoms with E-state index in [0.717, 1.165) is 12.8 Å². The maximum Gasteiger partial charge on any atom is 0.256 e. The van der Waals surface area contributed by atoms with Gasteiger partial charge in [0.25, 0.3) is 5.91 Å². The fraction of sp³-hybridized carbons (Fsp3) is 0.500. The number of rotatable bonds is 3. The van der Waals surface area contributed by atoms with Crippen molar-refractivity contribution < 1.29 is 9.18 Å². The molecule has 1 aliphatic rings. The van der Waals surface area contributed by atoms with Gasteiger partial charge >= 0.3 is 0 Å². The third kappa shape index (κ3) is 3.02. The Morgan fingerprint density at radius 2 is 2.11 bits per heavy atom. The van der Waals surface area contributed by atoms with E-state index in [9.17, 15) is 9.18 Å². The summed E-state index contributed by atoms with van der Waals surface area (Å²) in [6.45, 7) is 0.699. The van der Waals surface area contributed by atoms with Gasteiger partial charge in [0.15, 0.2) is 0 Å². The molecule has 0 bridgehead atoms. The van der Waals surface area contributed by atoms with Gasteiger partial charge in [-0.05, 0) is 37.0 Å². The summed E-state index contributed by atoms with van der Waals surface area (Å²) >= 11 is 5.80. The van der Waals surface area contributed by atoms with Crippen LogP contribution in [-0.2, 0) is 0 Å². The maximum absolute atomic E-state index is 13.6. The van der Waals surface area contributed by atoms with Gasteiger partial charge in [0, 0.05) is 18.6 Å². The zero-order chi connectivity index (χ0) is 13.1. The molecule has 0 radical (unpaired) electrons. The minimum atomic E-state index is -0.511. The molecule has 1 aromatic rings. The number of amides is 1. The molecule has 18 heavy (non-hydrogen) atoms. The first-order valence-electron chi connectivity index (χ1n) is 6.28. The zero-order valence-corrected chi connectivity index (χ0v) is 11.2. The summed E-state index contributed by atoms with van der Waals surface area (Å²) in [7, 11) is 1.72. The topological polar surface area (TPSA) is 20.3 Å². The molecule has 4 heteroatoms. The standard InChI is InChI=1S/C14H17ClFNO/c1-17(9-10-4-2-3-5-10)14(18)12-8-11(15)6-7-13(12)16/h6-8,10H,2-5,9H2,1H3. The van der Waals surface area contributed by atoms with Crippen LogP contribution in [0.4, 0.5) is 4.39 Å². The summed E-state index contributed by atoms with van der Waals surface area (Å²) in [4.78, 5) is 13.7. The number of carbonyl (C=O) groups excluding carboxylic acids is 1. The molecule has 0 N–H and O–H groups in total. The molecular formula is C14H17ClFNO. The number of halogens is 2. The second-order valence-corrected chi connectivity index (χ2v) is 5.40. The Morgan fingerprint density at radius 1 is 1.44 bits per heavy atom. The molecule has 0 aliphatic heterocycles. The van der Waals surface area contributed by atoms with Crippen molar-refractivity contribution in [2.45, 2.75) is 25.7 Å². The average molecular weight is 270 g/mol. The molecular weight excluding hydrogens is 253 g/mol. The van der Waals surface area contributed by atoms with Gasteiger partial charge in [-0.3, -0.25) is 4.79 Å². The van der Waals surface area contributed by atoms with Crippen molar-refractivity contribution in [1.82, 2.24) is 4.90 Å². The van der Waals surface area contributed by atoms with Gasteiger partial charge in [-0.1, -0.05) is 24.4 Å². The van der Waals surface area contributed by atoms with Crippen molar-refractivity contribution in [1.29, 1.82) is 0 Å². The summed E-state index contributed by atoms with van der Waals surface area (Å²) in [5, 5.41) is 0.383. The summed E-state index contributed by atoms with van der Waals surface area (Å²) in [6, 6.07) is 4.08. The summed E-state index contributed by atoms with van der Waals surface area (Å²) in [6.07, 6.45) is 4.79. The van der Waals surface area contributed by atoms with Crippen LogP contribution in [0.1, 0.15) is 36.0 Å². The summed E-state index contributed by atoms with van der Waals surface area (Å²) in [5.74, 6) is -0.245. The minimum absolute atomic E-state index is 0.0583. The van der Waals surface area contributed by atoms with Crippen LogP contribution in [0.3, 0.4) is 0 Å². The number of hydrogen-bond acceptors (Lipinski definition) is 1. The van der Waals surface area contributed by atoms with E-state index in [-0.39, 0.29) is 11.5 Å². The minimum Gasteiger partial charge on any atom is -0.341 e. The molecule has 0 saturated heterocycles. The highest BCUT2D eigenvalue weighted by atomic mass is 35.5. The Balaban J connectivity index is 2.07. The van der Waals surface area contributed by atoms with Crippen LogP contribution in [0.5, 0.6) is 0 Å². The third-order valence-corrected chi connectivity index (χ3v) is 3.75. The fourth-order valence-corrected chi connectivity index (χ4v) is 2.70. The SMILES string of the molecule is CN(CC1CCCC1)C(=O)c1cc(Cl)ccc1F. The van der Waals surface area contributed by atoms with Crippen molar-refractivity contribution in [3.8, 4) is 0 Å². The van der Waals surface area contributed by atoms with E-state index >= 15 is 0 Å². The van der Waals surface area contributed by atoms with E-state index in [4.69, 9.17) is 11.6 Å². The van der Waals surface area contributed by atoms with E-state index in [1.165, 1.54) is 31.0 Å². The van der Waals surface area contributed by atoms with Crippen molar-refractivity contribution >= 4 is 17.5 Å². The van der Waals surface area contributed by atoms with E-state index in [2.05, 4.69) is 0 Å². The van der Waals surface area contributed by atoms with Crippen LogP contribution >= 0.6 is 11.6 Å². The molecule has 1 aromatic carbocycles. The molecule has 0 unspecified atom stereocenters. The smallest absolute Gasteiger partial charge is 0.256 e. The highest BCUT2D eigenvalue weighted by Gasteiger charge is 2.22. The third-order valence-electron chi connectivity index (χ3n) is 3.51. The Hall–Kier alpha value is -1.09. The molecule has 0 aromatic heterocycles. The zero-order valence-electron chi connectivity index (χ0n) is 10.5. The Morgan fingerprint density at radius 3 is 2.78 bits per heavy atom. The first kappa shape index (κ1) is 13.3. The maximum atomic E-state index is 13.6. The monoisotopic (exact) mass is 269 g/mol. The van der Waals surface area contributed by atoms with Crippen LogP contribution in [0.2, 0.25) is 5.02 Å². The molecule has 2 rings (SSSR count). The molecule has 1 aliphatic carbocycles. The van der Waals surface area contributed by atoms with Crippen LogP contribution in [-0.4, -0.2) is 24.4 Å². The predicted molar refractivity (Wildman–Crippen MR) is 70.3 cm³/mol. The lowest BCUT2D eigenvalue weighted by molar-refractivity contribution is 0.0768. The highest BCUT2D eigenvalue weighted by Crippen LogP contribution is 2.26. The normalized spacial score (nSPS) is 15.9. The lowest BCUT2D eigenvalue weighted by atomic mass is 10.1. The molecule has 0 atom stereocenters. The van der Waals surface area contributed by atoms with Gasteiger partial charge in [0.1, 0.15) is 5.82 Å². The van der Waals surface area contributed by atoms with Crippen molar-refractivity contribution in [3.63, 3.8) is 0 Å². The number of nitrogens with zero attached hydrogens (tertiary/aromatic N) is 1. The van der Waals surface area contributed by atoms with Crippen LogP contribution in [0, 0.1) is 11.7 Å². The Bertz CT molecular complexity index is 443. The van der Waals surface area contributed by atoms with Gasteiger partial charge in [-0.25, -0.2) is 4.39 Å². The van der Waals surface area contributed by atoms with Crippen LogP contribution in [0.15, 0.2) is 18.2 Å². The second kappa shape index (κ2) is 5.70. The van der Waals surface area contributed by atoms with Crippen molar-refractivity contribution in [2.24, 2.45) is 5.92 Å². The largest absolute Gasteiger partial charge is 0.341 e. The first-order chi connectivity index (χ1) is 8.58. The molecule has 2 nitrogen and oxygen atoms in total. The molecule has 0 heterocycles. The lowest BCUT2D eigenvalue weighted by Gasteiger charge is -2.21. The van der Waals surface area contributed by atoms with E-state index in [1.807, 2.05) is 0 Å². The van der Waals surface area contributed by atoms with E-state index in [0.29, 0.717) is 17.5 Å². The highest BCUT2D eigenvalue weighted by molar-refractivity contribution is 6.30. The first-order valence-corrected chi connectivity index (χ1v) is 6.66. The summed E-state index contributed by atoms with van der Waals surface area (Å²) < 4.78 is 13.6. The second-order valence-electron chi connectivity index (χ2n) is 4.96. The van der Waals surface area contributed by atoms with Crippen LogP contribution in [0.25, 0.3) is 0 Å². The van der Waals surface area contributed by atoms with Crippen LogP contribution < -0.4 is 0 Å². The Labute approximate surface area is 112 Å². The quantitative estimate of drug-likeness (QED) is 0.819. The fourth-order valence-electron chi connectivity index (χ4n) is 2.53. The summed E-state index contributed by atoms with van der Waals surface area (Å²) in [5.41, 5.74) is 0.0583. The van der Waals surface area contributed by atoms with Gasteiger partial charge < -0.3 is 4.90 Å². The number of hydrogen-bond donors (Lipinski definition) is 0. The number of benzene rings is 1.